The van der Waals surface area contributed by atoms with Crippen molar-refractivity contribution in [1.29, 1.82) is 5.26 Å². The molecule has 0 bridgehead atoms. The van der Waals surface area contributed by atoms with Gasteiger partial charge in [-0.15, -0.1) is 0 Å². The lowest BCUT2D eigenvalue weighted by atomic mass is 9.79. The monoisotopic (exact) mass is 392 g/mol. The van der Waals surface area contributed by atoms with E-state index in [0.717, 1.165) is 5.69 Å². The van der Waals surface area contributed by atoms with Crippen molar-refractivity contribution in [2.24, 2.45) is 5.41 Å². The molecular formula is C23H28N4O2. The van der Waals surface area contributed by atoms with Gasteiger partial charge in [-0.1, -0.05) is 52.8 Å². The largest absolute Gasteiger partial charge is 0.326 e. The number of anilines is 2. The van der Waals surface area contributed by atoms with Crippen molar-refractivity contribution in [2.75, 3.05) is 10.6 Å². The molecule has 1 heterocycles. The molecule has 2 amide bonds. The molecule has 0 spiro atoms. The van der Waals surface area contributed by atoms with Crippen molar-refractivity contribution >= 4 is 23.3 Å². The molecule has 2 N–H and O–H groups in total. The maximum absolute atomic E-state index is 12.5. The maximum Gasteiger partial charge on any atom is 0.226 e. The van der Waals surface area contributed by atoms with Crippen LogP contribution in [0.3, 0.4) is 0 Å². The van der Waals surface area contributed by atoms with Gasteiger partial charge in [0.25, 0.3) is 0 Å². The molecule has 0 fully saturated rings. The summed E-state index contributed by atoms with van der Waals surface area (Å²) in [5.41, 5.74) is 0.870. The van der Waals surface area contributed by atoms with Crippen LogP contribution in [0.25, 0.3) is 0 Å². The van der Waals surface area contributed by atoms with Crippen molar-refractivity contribution in [1.82, 2.24) is 4.98 Å². The van der Waals surface area contributed by atoms with E-state index in [4.69, 9.17) is 0 Å². The highest BCUT2D eigenvalue weighted by atomic mass is 16.2. The van der Waals surface area contributed by atoms with Gasteiger partial charge in [-0.25, -0.2) is 4.98 Å². The van der Waals surface area contributed by atoms with E-state index in [-0.39, 0.29) is 35.0 Å². The predicted molar refractivity (Wildman–Crippen MR) is 114 cm³/mol. The molecule has 0 aliphatic heterocycles. The van der Waals surface area contributed by atoms with E-state index in [1.54, 1.807) is 12.3 Å². The molecule has 0 saturated carbocycles. The molecule has 0 unspecified atom stereocenters. The van der Waals surface area contributed by atoms with Gasteiger partial charge in [0.15, 0.2) is 5.82 Å². The number of nitrogens with zero attached hydrogens (tertiary/aromatic N) is 2. The van der Waals surface area contributed by atoms with Crippen LogP contribution in [0.5, 0.6) is 0 Å². The van der Waals surface area contributed by atoms with Crippen molar-refractivity contribution in [2.45, 2.75) is 52.9 Å². The molecule has 6 heteroatoms. The van der Waals surface area contributed by atoms with Gasteiger partial charge in [0.05, 0.1) is 5.56 Å². The highest BCUT2D eigenvalue weighted by Crippen LogP contribution is 2.33. The second-order valence-electron chi connectivity index (χ2n) is 8.95. The summed E-state index contributed by atoms with van der Waals surface area (Å²) >= 11 is 0. The van der Waals surface area contributed by atoms with Gasteiger partial charge in [0.2, 0.25) is 11.8 Å². The van der Waals surface area contributed by atoms with Gasteiger partial charge >= 0.3 is 0 Å². The van der Waals surface area contributed by atoms with Gasteiger partial charge in [-0.3, -0.25) is 9.59 Å². The summed E-state index contributed by atoms with van der Waals surface area (Å²) in [5, 5.41) is 15.4. The summed E-state index contributed by atoms with van der Waals surface area (Å²) in [6.45, 7) is 9.70. The summed E-state index contributed by atoms with van der Waals surface area (Å²) in [5.74, 6) is -0.116. The standard InChI is InChI=1S/C23H28N4O2/c1-22(2,3)13-19(28)27-21-17(15-24)18(11-12-25-21)23(4,5)14-20(29)26-16-9-7-6-8-10-16/h6-12H,13-14H2,1-5H3,(H,26,29)(H,25,27,28). The van der Waals surface area contributed by atoms with Crippen LogP contribution in [0.4, 0.5) is 11.5 Å². The molecule has 6 nitrogen and oxygen atoms in total. The zero-order valence-corrected chi connectivity index (χ0v) is 17.7. The van der Waals surface area contributed by atoms with Crippen molar-refractivity contribution in [3.8, 4) is 6.07 Å². The number of carbonyl (C=O) groups excluding carboxylic acids is 2. The van der Waals surface area contributed by atoms with Crippen molar-refractivity contribution in [3.05, 3.63) is 53.7 Å². The normalized spacial score (nSPS) is 11.4. The zero-order chi connectivity index (χ0) is 21.7. The van der Waals surface area contributed by atoms with Crippen LogP contribution in [0.1, 0.15) is 58.6 Å². The fraction of sp³-hybridized carbons (Fsp3) is 0.391. The smallest absolute Gasteiger partial charge is 0.226 e. The fourth-order valence-corrected chi connectivity index (χ4v) is 3.11. The van der Waals surface area contributed by atoms with Crippen LogP contribution in [0.2, 0.25) is 0 Å². The quantitative estimate of drug-likeness (QED) is 0.749. The molecule has 0 aliphatic rings. The number of aromatic nitrogens is 1. The van der Waals surface area contributed by atoms with Gasteiger partial charge in [0.1, 0.15) is 6.07 Å². The average molecular weight is 393 g/mol. The van der Waals surface area contributed by atoms with E-state index in [0.29, 0.717) is 12.0 Å². The lowest BCUT2D eigenvalue weighted by molar-refractivity contribution is -0.118. The molecule has 29 heavy (non-hydrogen) atoms. The number of nitrogens with one attached hydrogen (secondary N) is 2. The number of para-hydroxylation sites is 1. The first-order valence-electron chi connectivity index (χ1n) is 9.56. The molecule has 1 aromatic heterocycles. The predicted octanol–water partition coefficient (Wildman–Crippen LogP) is 4.63. The number of pyridine rings is 1. The summed E-state index contributed by atoms with van der Waals surface area (Å²) in [6, 6.07) is 13.1. The number of rotatable bonds is 6. The summed E-state index contributed by atoms with van der Waals surface area (Å²) in [4.78, 5) is 29.0. The van der Waals surface area contributed by atoms with Crippen molar-refractivity contribution in [3.63, 3.8) is 0 Å². The van der Waals surface area contributed by atoms with Crippen LogP contribution in [-0.2, 0) is 15.0 Å². The lowest BCUT2D eigenvalue weighted by Crippen LogP contribution is -2.28. The van der Waals surface area contributed by atoms with E-state index in [1.165, 1.54) is 0 Å². The number of hydrogen-bond donors (Lipinski definition) is 2. The molecule has 2 aromatic rings. The number of nitriles is 1. The first-order valence-corrected chi connectivity index (χ1v) is 9.56. The van der Waals surface area contributed by atoms with E-state index in [1.807, 2.05) is 65.0 Å². The Bertz CT molecular complexity index is 922. The molecular weight excluding hydrogens is 364 g/mol. The van der Waals surface area contributed by atoms with Gasteiger partial charge in [-0.05, 0) is 34.6 Å². The lowest BCUT2D eigenvalue weighted by Gasteiger charge is -2.26. The van der Waals surface area contributed by atoms with Crippen LogP contribution in [0, 0.1) is 16.7 Å². The second-order valence-corrected chi connectivity index (χ2v) is 8.95. The van der Waals surface area contributed by atoms with E-state index in [2.05, 4.69) is 21.7 Å². The number of hydrogen-bond acceptors (Lipinski definition) is 4. The third-order valence-electron chi connectivity index (χ3n) is 4.40. The molecule has 152 valence electrons. The highest BCUT2D eigenvalue weighted by Gasteiger charge is 2.29. The Morgan fingerprint density at radius 3 is 2.17 bits per heavy atom. The minimum absolute atomic E-state index is 0.153. The summed E-state index contributed by atoms with van der Waals surface area (Å²) < 4.78 is 0. The highest BCUT2D eigenvalue weighted by molar-refractivity contribution is 5.93. The average Bonchev–Trinajstić information content (AvgIpc) is 2.60. The molecule has 0 radical (unpaired) electrons. The number of carbonyl (C=O) groups is 2. The molecule has 0 aliphatic carbocycles. The number of amides is 2. The van der Waals surface area contributed by atoms with Crippen LogP contribution < -0.4 is 10.6 Å². The topological polar surface area (TPSA) is 94.9 Å². The maximum atomic E-state index is 12.5. The molecule has 0 saturated heterocycles. The first kappa shape index (κ1) is 22.1. The zero-order valence-electron chi connectivity index (χ0n) is 17.7. The first-order chi connectivity index (χ1) is 13.5. The Morgan fingerprint density at radius 2 is 1.59 bits per heavy atom. The Morgan fingerprint density at radius 1 is 0.966 bits per heavy atom. The van der Waals surface area contributed by atoms with Gasteiger partial charge in [-0.2, -0.15) is 5.26 Å². The van der Waals surface area contributed by atoms with E-state index < -0.39 is 5.41 Å². The second kappa shape index (κ2) is 8.87. The van der Waals surface area contributed by atoms with Crippen LogP contribution in [0.15, 0.2) is 42.6 Å². The SMILES string of the molecule is CC(C)(C)CC(=O)Nc1nccc(C(C)(C)CC(=O)Nc2ccccc2)c1C#N. The van der Waals surface area contributed by atoms with Crippen LogP contribution >= 0.6 is 0 Å². The Balaban J connectivity index is 2.22. The third-order valence-corrected chi connectivity index (χ3v) is 4.40. The number of benzene rings is 1. The van der Waals surface area contributed by atoms with E-state index >= 15 is 0 Å². The molecule has 2 rings (SSSR count). The van der Waals surface area contributed by atoms with Crippen molar-refractivity contribution < 1.29 is 9.59 Å². The Labute approximate surface area is 172 Å². The minimum atomic E-state index is -0.629. The van der Waals surface area contributed by atoms with Gasteiger partial charge in [0, 0.05) is 24.7 Å². The van der Waals surface area contributed by atoms with E-state index in [9.17, 15) is 14.9 Å². The Hall–Kier alpha value is -3.20. The summed E-state index contributed by atoms with van der Waals surface area (Å²) in [7, 11) is 0. The molecule has 1 aromatic carbocycles. The molecule has 0 atom stereocenters. The fourth-order valence-electron chi connectivity index (χ4n) is 3.11. The third kappa shape index (κ3) is 6.42. The Kier molecular flexibility index (Phi) is 6.76. The minimum Gasteiger partial charge on any atom is -0.326 e. The summed E-state index contributed by atoms with van der Waals surface area (Å²) in [6.07, 6.45) is 2.04. The van der Waals surface area contributed by atoms with Crippen LogP contribution in [-0.4, -0.2) is 16.8 Å². The van der Waals surface area contributed by atoms with Gasteiger partial charge < -0.3 is 10.6 Å².